The molecule has 86 valence electrons. The van der Waals surface area contributed by atoms with Gasteiger partial charge in [0.1, 0.15) is 0 Å². The van der Waals surface area contributed by atoms with E-state index in [-0.39, 0.29) is 0 Å². The Kier molecular flexibility index (Phi) is 3.52. The van der Waals surface area contributed by atoms with Gasteiger partial charge in [0.15, 0.2) is 0 Å². The fourth-order valence-electron chi connectivity index (χ4n) is 1.83. The van der Waals surface area contributed by atoms with Crippen molar-refractivity contribution in [3.05, 3.63) is 35.0 Å². The SMILES string of the molecule is CCN(C)CCc1c[nH]c2cc(Cl)ccc12. The van der Waals surface area contributed by atoms with Crippen molar-refractivity contribution >= 4 is 22.5 Å². The maximum absolute atomic E-state index is 5.95. The fraction of sp³-hybridized carbons (Fsp3) is 0.385. The zero-order valence-electron chi connectivity index (χ0n) is 9.76. The zero-order valence-corrected chi connectivity index (χ0v) is 10.5. The van der Waals surface area contributed by atoms with Crippen LogP contribution in [-0.4, -0.2) is 30.0 Å². The highest BCUT2D eigenvalue weighted by Crippen LogP contribution is 2.22. The number of nitrogens with one attached hydrogen (secondary N) is 1. The van der Waals surface area contributed by atoms with Crippen molar-refractivity contribution in [1.29, 1.82) is 0 Å². The standard InChI is InChI=1S/C13H17ClN2/c1-3-16(2)7-6-10-9-15-13-8-11(14)4-5-12(10)13/h4-5,8-9,15H,3,6-7H2,1-2H3. The number of hydrogen-bond donors (Lipinski definition) is 1. The Hall–Kier alpha value is -0.990. The number of nitrogens with zero attached hydrogens (tertiary/aromatic N) is 1. The van der Waals surface area contributed by atoms with Gasteiger partial charge in [-0.1, -0.05) is 24.6 Å². The van der Waals surface area contributed by atoms with Crippen molar-refractivity contribution in [1.82, 2.24) is 9.88 Å². The first-order valence-corrected chi connectivity index (χ1v) is 6.02. The number of aromatic nitrogens is 1. The summed E-state index contributed by atoms with van der Waals surface area (Å²) in [4.78, 5) is 5.58. The second-order valence-corrected chi connectivity index (χ2v) is 4.59. The van der Waals surface area contributed by atoms with Gasteiger partial charge in [-0.15, -0.1) is 0 Å². The minimum absolute atomic E-state index is 0.784. The summed E-state index contributed by atoms with van der Waals surface area (Å²) in [6.07, 6.45) is 3.16. The molecule has 0 radical (unpaired) electrons. The quantitative estimate of drug-likeness (QED) is 0.863. The molecule has 3 heteroatoms. The molecule has 0 unspecified atom stereocenters. The Morgan fingerprint density at radius 2 is 2.19 bits per heavy atom. The Labute approximate surface area is 101 Å². The van der Waals surface area contributed by atoms with Crippen molar-refractivity contribution in [2.45, 2.75) is 13.3 Å². The number of halogens is 1. The van der Waals surface area contributed by atoms with E-state index in [0.29, 0.717) is 0 Å². The molecule has 0 aliphatic rings. The van der Waals surface area contributed by atoms with Crippen LogP contribution in [0.5, 0.6) is 0 Å². The van der Waals surface area contributed by atoms with Gasteiger partial charge < -0.3 is 9.88 Å². The van der Waals surface area contributed by atoms with Crippen LogP contribution >= 0.6 is 11.6 Å². The molecule has 0 aliphatic heterocycles. The van der Waals surface area contributed by atoms with Crippen LogP contribution in [0.3, 0.4) is 0 Å². The van der Waals surface area contributed by atoms with E-state index in [9.17, 15) is 0 Å². The van der Waals surface area contributed by atoms with Gasteiger partial charge in [-0.3, -0.25) is 0 Å². The molecule has 1 heterocycles. The molecule has 1 N–H and O–H groups in total. The molecule has 16 heavy (non-hydrogen) atoms. The number of likely N-dealkylation sites (N-methyl/N-ethyl adjacent to an activating group) is 1. The van der Waals surface area contributed by atoms with Gasteiger partial charge in [0.25, 0.3) is 0 Å². The third-order valence-electron chi connectivity index (χ3n) is 3.03. The summed E-state index contributed by atoms with van der Waals surface area (Å²) < 4.78 is 0. The van der Waals surface area contributed by atoms with Gasteiger partial charge in [-0.05, 0) is 37.7 Å². The van der Waals surface area contributed by atoms with Crippen LogP contribution in [0.4, 0.5) is 0 Å². The number of aromatic amines is 1. The van der Waals surface area contributed by atoms with Crippen LogP contribution in [-0.2, 0) is 6.42 Å². The molecule has 0 aliphatic carbocycles. The molecule has 0 fully saturated rings. The predicted molar refractivity (Wildman–Crippen MR) is 70.2 cm³/mol. The Morgan fingerprint density at radius 3 is 2.94 bits per heavy atom. The monoisotopic (exact) mass is 236 g/mol. The van der Waals surface area contributed by atoms with Crippen LogP contribution in [0, 0.1) is 0 Å². The lowest BCUT2D eigenvalue weighted by Crippen LogP contribution is -2.20. The molecule has 0 saturated heterocycles. The summed E-state index contributed by atoms with van der Waals surface area (Å²) in [6, 6.07) is 6.02. The number of benzene rings is 1. The maximum Gasteiger partial charge on any atom is 0.0471 e. The summed E-state index contributed by atoms with van der Waals surface area (Å²) in [5.74, 6) is 0. The molecule has 2 aromatic rings. The van der Waals surface area contributed by atoms with Crippen molar-refractivity contribution in [2.75, 3.05) is 20.1 Å². The minimum atomic E-state index is 0.784. The first-order chi connectivity index (χ1) is 7.70. The normalized spacial score (nSPS) is 11.5. The summed E-state index contributed by atoms with van der Waals surface area (Å²) in [6.45, 7) is 4.36. The third kappa shape index (κ3) is 2.39. The van der Waals surface area contributed by atoms with Crippen molar-refractivity contribution in [3.63, 3.8) is 0 Å². The van der Waals surface area contributed by atoms with E-state index in [1.807, 2.05) is 12.1 Å². The van der Waals surface area contributed by atoms with Crippen molar-refractivity contribution in [3.8, 4) is 0 Å². The Bertz CT molecular complexity index is 476. The summed E-state index contributed by atoms with van der Waals surface area (Å²) in [5.41, 5.74) is 2.49. The van der Waals surface area contributed by atoms with E-state index < -0.39 is 0 Å². The van der Waals surface area contributed by atoms with Gasteiger partial charge in [-0.2, -0.15) is 0 Å². The highest BCUT2D eigenvalue weighted by molar-refractivity contribution is 6.31. The molecule has 0 atom stereocenters. The van der Waals surface area contributed by atoms with Crippen molar-refractivity contribution in [2.24, 2.45) is 0 Å². The number of rotatable bonds is 4. The molecule has 2 nitrogen and oxygen atoms in total. The number of fused-ring (bicyclic) bond motifs is 1. The summed E-state index contributed by atoms with van der Waals surface area (Å²) in [5, 5.41) is 2.07. The van der Waals surface area contributed by atoms with E-state index in [2.05, 4.69) is 36.1 Å². The van der Waals surface area contributed by atoms with Crippen LogP contribution < -0.4 is 0 Å². The highest BCUT2D eigenvalue weighted by atomic mass is 35.5. The molecule has 0 bridgehead atoms. The van der Waals surface area contributed by atoms with E-state index in [1.165, 1.54) is 10.9 Å². The molecule has 0 spiro atoms. The lowest BCUT2D eigenvalue weighted by molar-refractivity contribution is 0.358. The highest BCUT2D eigenvalue weighted by Gasteiger charge is 2.04. The van der Waals surface area contributed by atoms with Crippen LogP contribution in [0.1, 0.15) is 12.5 Å². The third-order valence-corrected chi connectivity index (χ3v) is 3.27. The van der Waals surface area contributed by atoms with Crippen LogP contribution in [0.25, 0.3) is 10.9 Å². The first-order valence-electron chi connectivity index (χ1n) is 5.64. The average Bonchev–Trinajstić information content (AvgIpc) is 2.68. The van der Waals surface area contributed by atoms with Gasteiger partial charge in [0.2, 0.25) is 0 Å². The van der Waals surface area contributed by atoms with Crippen molar-refractivity contribution < 1.29 is 0 Å². The molecule has 0 saturated carbocycles. The number of H-pyrrole nitrogens is 1. The Balaban J connectivity index is 2.19. The molecule has 1 aromatic heterocycles. The first kappa shape index (κ1) is 11.5. The summed E-state index contributed by atoms with van der Waals surface area (Å²) in [7, 11) is 2.14. The van der Waals surface area contributed by atoms with Crippen LogP contribution in [0.15, 0.2) is 24.4 Å². The second-order valence-electron chi connectivity index (χ2n) is 4.15. The van der Waals surface area contributed by atoms with E-state index in [0.717, 1.165) is 30.0 Å². The largest absolute Gasteiger partial charge is 0.361 e. The fourth-order valence-corrected chi connectivity index (χ4v) is 2.01. The lowest BCUT2D eigenvalue weighted by Gasteiger charge is -2.12. The van der Waals surface area contributed by atoms with Gasteiger partial charge in [0, 0.05) is 28.7 Å². The predicted octanol–water partition coefficient (Wildman–Crippen LogP) is 3.32. The van der Waals surface area contributed by atoms with Gasteiger partial charge in [-0.25, -0.2) is 0 Å². The number of hydrogen-bond acceptors (Lipinski definition) is 1. The molecule has 1 aromatic carbocycles. The zero-order chi connectivity index (χ0) is 11.5. The molecular weight excluding hydrogens is 220 g/mol. The van der Waals surface area contributed by atoms with Gasteiger partial charge in [0.05, 0.1) is 0 Å². The van der Waals surface area contributed by atoms with Gasteiger partial charge >= 0.3 is 0 Å². The van der Waals surface area contributed by atoms with E-state index in [4.69, 9.17) is 11.6 Å². The average molecular weight is 237 g/mol. The van der Waals surface area contributed by atoms with E-state index >= 15 is 0 Å². The smallest absolute Gasteiger partial charge is 0.0471 e. The molecule has 2 rings (SSSR count). The second kappa shape index (κ2) is 4.89. The lowest BCUT2D eigenvalue weighted by atomic mass is 10.1. The maximum atomic E-state index is 5.95. The summed E-state index contributed by atoms with van der Waals surface area (Å²) >= 11 is 5.95. The molecular formula is C13H17ClN2. The topological polar surface area (TPSA) is 19.0 Å². The molecule has 0 amide bonds. The minimum Gasteiger partial charge on any atom is -0.361 e. The van der Waals surface area contributed by atoms with Crippen LogP contribution in [0.2, 0.25) is 5.02 Å². The van der Waals surface area contributed by atoms with E-state index in [1.54, 1.807) is 0 Å². The Morgan fingerprint density at radius 1 is 1.38 bits per heavy atom.